The molecular weight excluding hydrogens is 262 g/mol. The second kappa shape index (κ2) is 6.92. The summed E-state index contributed by atoms with van der Waals surface area (Å²) in [4.78, 5) is 13.7. The van der Waals surface area contributed by atoms with Gasteiger partial charge in [0.15, 0.2) is 0 Å². The summed E-state index contributed by atoms with van der Waals surface area (Å²) in [5, 5.41) is 9.51. The first-order chi connectivity index (χ1) is 8.58. The van der Waals surface area contributed by atoms with Gasteiger partial charge in [-0.25, -0.2) is 0 Å². The molecule has 0 bridgehead atoms. The van der Waals surface area contributed by atoms with E-state index in [0.717, 1.165) is 18.7 Å². The Bertz CT molecular complexity index is 400. The van der Waals surface area contributed by atoms with Crippen molar-refractivity contribution in [2.75, 3.05) is 13.1 Å². The zero-order chi connectivity index (χ0) is 13.1. The average molecular weight is 284 g/mol. The van der Waals surface area contributed by atoms with Crippen molar-refractivity contribution in [3.63, 3.8) is 0 Å². The number of piperidine rings is 1. The summed E-state index contributed by atoms with van der Waals surface area (Å²) < 4.78 is 0. The Morgan fingerprint density at radius 2 is 1.74 bits per heavy atom. The van der Waals surface area contributed by atoms with Crippen LogP contribution in [0.2, 0.25) is 0 Å². The molecule has 2 rings (SSSR count). The fourth-order valence-corrected chi connectivity index (χ4v) is 3.07. The monoisotopic (exact) mass is 283 g/mol. The predicted molar refractivity (Wildman–Crippen MR) is 78.6 cm³/mol. The van der Waals surface area contributed by atoms with Crippen molar-refractivity contribution >= 4 is 18.4 Å². The van der Waals surface area contributed by atoms with Crippen molar-refractivity contribution in [3.05, 3.63) is 35.9 Å². The molecule has 3 unspecified atom stereocenters. The van der Waals surface area contributed by atoms with Crippen molar-refractivity contribution in [2.45, 2.75) is 26.3 Å². The topological polar surface area (TPSA) is 40.5 Å². The number of carboxylic acid groups (broad SMARTS) is 1. The Balaban J connectivity index is 0.00000180. The first-order valence-corrected chi connectivity index (χ1v) is 6.59. The molecule has 0 spiro atoms. The normalized spacial score (nSPS) is 25.4. The highest BCUT2D eigenvalue weighted by atomic mass is 35.5. The fourth-order valence-electron chi connectivity index (χ4n) is 3.07. The van der Waals surface area contributed by atoms with Crippen LogP contribution in [0, 0.1) is 11.8 Å². The van der Waals surface area contributed by atoms with Gasteiger partial charge in [0.1, 0.15) is 6.04 Å². The Kier molecular flexibility index (Phi) is 5.83. The summed E-state index contributed by atoms with van der Waals surface area (Å²) in [7, 11) is 0. The van der Waals surface area contributed by atoms with E-state index in [-0.39, 0.29) is 12.4 Å². The molecule has 106 valence electrons. The van der Waals surface area contributed by atoms with Crippen LogP contribution in [0.3, 0.4) is 0 Å². The average Bonchev–Trinajstić information content (AvgIpc) is 2.28. The summed E-state index contributed by atoms with van der Waals surface area (Å²) in [6.45, 7) is 6.14. The van der Waals surface area contributed by atoms with Crippen LogP contribution in [0.5, 0.6) is 0 Å². The first-order valence-electron chi connectivity index (χ1n) is 6.59. The van der Waals surface area contributed by atoms with Gasteiger partial charge in [-0.3, -0.25) is 9.69 Å². The highest BCUT2D eigenvalue weighted by Gasteiger charge is 2.32. The molecule has 0 saturated carbocycles. The minimum absolute atomic E-state index is 0. The number of rotatable bonds is 3. The van der Waals surface area contributed by atoms with Crippen molar-refractivity contribution in [3.8, 4) is 0 Å². The Labute approximate surface area is 121 Å². The van der Waals surface area contributed by atoms with Gasteiger partial charge in [0.25, 0.3) is 0 Å². The zero-order valence-electron chi connectivity index (χ0n) is 11.5. The maximum atomic E-state index is 11.6. The summed E-state index contributed by atoms with van der Waals surface area (Å²) in [6.07, 6.45) is 1.19. The lowest BCUT2D eigenvalue weighted by Gasteiger charge is -2.38. The van der Waals surface area contributed by atoms with Gasteiger partial charge in [0, 0.05) is 13.1 Å². The van der Waals surface area contributed by atoms with Gasteiger partial charge in [0.05, 0.1) is 0 Å². The van der Waals surface area contributed by atoms with Crippen molar-refractivity contribution in [1.29, 1.82) is 0 Å². The number of nitrogens with zero attached hydrogens (tertiary/aromatic N) is 1. The lowest BCUT2D eigenvalue weighted by atomic mass is 9.90. The zero-order valence-corrected chi connectivity index (χ0v) is 12.3. The first kappa shape index (κ1) is 16.0. The smallest absolute Gasteiger partial charge is 0.325 e. The molecule has 1 aliphatic heterocycles. The van der Waals surface area contributed by atoms with Crippen LogP contribution in [0.1, 0.15) is 31.9 Å². The largest absolute Gasteiger partial charge is 0.480 e. The van der Waals surface area contributed by atoms with Gasteiger partial charge >= 0.3 is 5.97 Å². The van der Waals surface area contributed by atoms with Crippen LogP contribution in [-0.2, 0) is 4.79 Å². The maximum Gasteiger partial charge on any atom is 0.325 e. The molecule has 4 heteroatoms. The number of carboxylic acids is 1. The van der Waals surface area contributed by atoms with Gasteiger partial charge < -0.3 is 5.11 Å². The SMILES string of the molecule is CC1CC(C)CN(C(C(=O)O)c2ccccc2)C1.Cl. The molecule has 1 heterocycles. The number of hydrogen-bond donors (Lipinski definition) is 1. The molecule has 0 amide bonds. The van der Waals surface area contributed by atoms with Crippen LogP contribution < -0.4 is 0 Å². The second-order valence-corrected chi connectivity index (χ2v) is 5.55. The molecular formula is C15H22ClNO2. The molecule has 3 atom stereocenters. The number of halogens is 1. The molecule has 0 aromatic heterocycles. The van der Waals surface area contributed by atoms with E-state index in [0.29, 0.717) is 11.8 Å². The fraction of sp³-hybridized carbons (Fsp3) is 0.533. The van der Waals surface area contributed by atoms with E-state index in [9.17, 15) is 9.90 Å². The summed E-state index contributed by atoms with van der Waals surface area (Å²) in [5.41, 5.74) is 0.881. The minimum Gasteiger partial charge on any atom is -0.480 e. The molecule has 1 aliphatic rings. The molecule has 3 nitrogen and oxygen atoms in total. The van der Waals surface area contributed by atoms with E-state index in [1.165, 1.54) is 6.42 Å². The molecule has 1 N–H and O–H groups in total. The quantitative estimate of drug-likeness (QED) is 0.926. The number of aliphatic carboxylic acids is 1. The maximum absolute atomic E-state index is 11.6. The molecule has 1 saturated heterocycles. The Morgan fingerprint density at radius 3 is 2.21 bits per heavy atom. The number of carbonyl (C=O) groups is 1. The minimum atomic E-state index is -0.748. The van der Waals surface area contributed by atoms with Crippen molar-refractivity contribution in [1.82, 2.24) is 4.90 Å². The number of likely N-dealkylation sites (tertiary alicyclic amines) is 1. The van der Waals surface area contributed by atoms with Crippen LogP contribution in [0.15, 0.2) is 30.3 Å². The third kappa shape index (κ3) is 3.95. The molecule has 0 radical (unpaired) electrons. The van der Waals surface area contributed by atoms with E-state index in [1.54, 1.807) is 0 Å². The van der Waals surface area contributed by atoms with Gasteiger partial charge in [-0.05, 0) is 23.8 Å². The van der Waals surface area contributed by atoms with Gasteiger partial charge in [-0.2, -0.15) is 0 Å². The van der Waals surface area contributed by atoms with Crippen molar-refractivity contribution in [2.24, 2.45) is 11.8 Å². The van der Waals surface area contributed by atoms with E-state index >= 15 is 0 Å². The Hall–Kier alpha value is -1.06. The van der Waals surface area contributed by atoms with Crippen LogP contribution in [-0.4, -0.2) is 29.1 Å². The third-order valence-corrected chi connectivity index (χ3v) is 3.61. The summed E-state index contributed by atoms with van der Waals surface area (Å²) in [5.74, 6) is 0.390. The standard InChI is InChI=1S/C15H21NO2.ClH/c1-11-8-12(2)10-16(9-11)14(15(17)18)13-6-4-3-5-7-13;/h3-7,11-12,14H,8-10H2,1-2H3,(H,17,18);1H. The lowest BCUT2D eigenvalue weighted by molar-refractivity contribution is -0.144. The Morgan fingerprint density at radius 1 is 1.21 bits per heavy atom. The molecule has 1 fully saturated rings. The third-order valence-electron chi connectivity index (χ3n) is 3.61. The number of hydrogen-bond acceptors (Lipinski definition) is 2. The van der Waals surface area contributed by atoms with Crippen LogP contribution in [0.25, 0.3) is 0 Å². The van der Waals surface area contributed by atoms with E-state index in [2.05, 4.69) is 18.7 Å². The molecule has 19 heavy (non-hydrogen) atoms. The van der Waals surface area contributed by atoms with Crippen LogP contribution in [0.4, 0.5) is 0 Å². The van der Waals surface area contributed by atoms with E-state index in [1.807, 2.05) is 30.3 Å². The highest BCUT2D eigenvalue weighted by molar-refractivity contribution is 5.85. The van der Waals surface area contributed by atoms with Gasteiger partial charge in [0.2, 0.25) is 0 Å². The molecule has 0 aliphatic carbocycles. The summed E-state index contributed by atoms with van der Waals surface area (Å²) in [6, 6.07) is 9.04. The van der Waals surface area contributed by atoms with E-state index < -0.39 is 12.0 Å². The molecule has 1 aromatic rings. The van der Waals surface area contributed by atoms with E-state index in [4.69, 9.17) is 0 Å². The van der Waals surface area contributed by atoms with Crippen LogP contribution >= 0.6 is 12.4 Å². The highest BCUT2D eigenvalue weighted by Crippen LogP contribution is 2.29. The summed E-state index contributed by atoms with van der Waals surface area (Å²) >= 11 is 0. The van der Waals surface area contributed by atoms with Gasteiger partial charge in [-0.1, -0.05) is 44.2 Å². The predicted octanol–water partition coefficient (Wildman–Crippen LogP) is 3.21. The lowest BCUT2D eigenvalue weighted by Crippen LogP contribution is -2.43. The van der Waals surface area contributed by atoms with Gasteiger partial charge in [-0.15, -0.1) is 12.4 Å². The molecule has 1 aromatic carbocycles. The number of benzene rings is 1. The second-order valence-electron chi connectivity index (χ2n) is 5.55. The van der Waals surface area contributed by atoms with Crippen molar-refractivity contribution < 1.29 is 9.90 Å².